The molecule has 0 N–H and O–H groups in total. The maximum Gasteiger partial charge on any atom is 0.332 e. The number of hydrogen-bond donors (Lipinski definition) is 0. The van der Waals surface area contributed by atoms with Crippen LogP contribution in [0.3, 0.4) is 0 Å². The van der Waals surface area contributed by atoms with Gasteiger partial charge in [-0.2, -0.15) is 4.98 Å². The highest BCUT2D eigenvalue weighted by Crippen LogP contribution is 2.26. The van der Waals surface area contributed by atoms with Gasteiger partial charge in [-0.15, -0.1) is 5.92 Å². The summed E-state index contributed by atoms with van der Waals surface area (Å²) >= 11 is 0. The van der Waals surface area contributed by atoms with Crippen molar-refractivity contribution >= 4 is 34.2 Å². The van der Waals surface area contributed by atoms with Gasteiger partial charge in [0.1, 0.15) is 5.82 Å². The van der Waals surface area contributed by atoms with Gasteiger partial charge in [0.25, 0.3) is 5.56 Å². The molecule has 1 aliphatic carbocycles. The molecule has 1 atom stereocenters. The Kier molecular flexibility index (Phi) is 7.92. The second-order valence-electron chi connectivity index (χ2n) is 11.5. The third kappa shape index (κ3) is 5.36. The highest BCUT2D eigenvalue weighted by molar-refractivity contribution is 5.80. The first-order valence-corrected chi connectivity index (χ1v) is 15.0. The number of piperidine rings is 1. The van der Waals surface area contributed by atoms with Crippen LogP contribution in [0.4, 0.5) is 5.95 Å². The molecular formula is C32H38N8O2. The zero-order valence-electron chi connectivity index (χ0n) is 24.7. The lowest BCUT2D eigenvalue weighted by Crippen LogP contribution is -2.40. The molecule has 1 unspecified atom stereocenters. The summed E-state index contributed by atoms with van der Waals surface area (Å²) < 4.78 is 4.52. The predicted molar refractivity (Wildman–Crippen MR) is 166 cm³/mol. The second-order valence-corrected chi connectivity index (χ2v) is 11.5. The van der Waals surface area contributed by atoms with Crippen LogP contribution in [0.1, 0.15) is 63.4 Å². The molecule has 10 nitrogen and oxygen atoms in total. The zero-order chi connectivity index (χ0) is 29.2. The molecular weight excluding hydrogens is 528 g/mol. The average molecular weight is 567 g/mol. The van der Waals surface area contributed by atoms with E-state index in [-0.39, 0.29) is 12.6 Å². The molecule has 42 heavy (non-hydrogen) atoms. The molecule has 6 rings (SSSR count). The van der Waals surface area contributed by atoms with Gasteiger partial charge in [0, 0.05) is 37.4 Å². The Morgan fingerprint density at radius 3 is 2.64 bits per heavy atom. The summed E-state index contributed by atoms with van der Waals surface area (Å²) in [5.41, 5.74) is 1.44. The van der Waals surface area contributed by atoms with Crippen LogP contribution in [0.25, 0.3) is 22.1 Å². The number of aliphatic imine (C=N–C) groups is 1. The molecule has 0 spiro atoms. The van der Waals surface area contributed by atoms with E-state index in [0.717, 1.165) is 42.5 Å². The van der Waals surface area contributed by atoms with Gasteiger partial charge in [-0.3, -0.25) is 23.5 Å². The highest BCUT2D eigenvalue weighted by Gasteiger charge is 2.27. The monoisotopic (exact) mass is 566 g/mol. The fourth-order valence-electron chi connectivity index (χ4n) is 6.34. The molecule has 0 radical (unpaired) electrons. The van der Waals surface area contributed by atoms with Crippen LogP contribution in [0, 0.1) is 24.7 Å². The van der Waals surface area contributed by atoms with E-state index in [1.165, 1.54) is 41.2 Å². The zero-order valence-corrected chi connectivity index (χ0v) is 24.7. The topological polar surface area (TPSA) is 103 Å². The van der Waals surface area contributed by atoms with Gasteiger partial charge in [0.05, 0.1) is 24.6 Å². The minimum absolute atomic E-state index is 0.0330. The van der Waals surface area contributed by atoms with E-state index in [1.807, 2.05) is 35.8 Å². The molecule has 3 aromatic heterocycles. The molecule has 0 bridgehead atoms. The van der Waals surface area contributed by atoms with Crippen molar-refractivity contribution in [2.75, 3.05) is 18.0 Å². The number of anilines is 1. The molecule has 2 aliphatic rings. The van der Waals surface area contributed by atoms with E-state index in [9.17, 15) is 9.59 Å². The number of fused-ring (bicyclic) bond motifs is 2. The number of aromatic nitrogens is 6. The second kappa shape index (κ2) is 11.9. The van der Waals surface area contributed by atoms with Gasteiger partial charge in [0.2, 0.25) is 5.95 Å². The maximum atomic E-state index is 14.0. The summed E-state index contributed by atoms with van der Waals surface area (Å²) in [5.74, 6) is 7.73. The molecule has 0 amide bonds. The number of benzene rings is 1. The van der Waals surface area contributed by atoms with Crippen molar-refractivity contribution < 1.29 is 0 Å². The summed E-state index contributed by atoms with van der Waals surface area (Å²) in [4.78, 5) is 48.9. The number of nitrogens with zero attached hydrogens (tertiary/aromatic N) is 8. The van der Waals surface area contributed by atoms with Crippen LogP contribution in [0.15, 0.2) is 38.8 Å². The number of rotatable bonds is 6. The minimum Gasteiger partial charge on any atom is -0.340 e. The van der Waals surface area contributed by atoms with E-state index in [2.05, 4.69) is 32.9 Å². The first-order valence-electron chi connectivity index (χ1n) is 15.0. The number of para-hydroxylation sites is 1. The summed E-state index contributed by atoms with van der Waals surface area (Å²) in [5, 5.41) is 0.945. The summed E-state index contributed by atoms with van der Waals surface area (Å²) in [6.07, 6.45) is 10.6. The van der Waals surface area contributed by atoms with Crippen molar-refractivity contribution in [3.8, 4) is 11.8 Å². The first-order chi connectivity index (χ1) is 20.4. The van der Waals surface area contributed by atoms with Crippen molar-refractivity contribution in [2.24, 2.45) is 18.0 Å². The average Bonchev–Trinajstić information content (AvgIpc) is 3.40. The lowest BCUT2D eigenvalue weighted by Gasteiger charge is -2.32. The minimum atomic E-state index is -0.451. The Morgan fingerprint density at radius 2 is 1.83 bits per heavy atom. The van der Waals surface area contributed by atoms with Crippen molar-refractivity contribution in [3.63, 3.8) is 0 Å². The fraction of sp³-hybridized carbons (Fsp3) is 0.500. The lowest BCUT2D eigenvalue weighted by atomic mass is 9.90. The first kappa shape index (κ1) is 27.9. The van der Waals surface area contributed by atoms with Crippen LogP contribution in [-0.4, -0.2) is 54.0 Å². The highest BCUT2D eigenvalue weighted by atomic mass is 16.2. The van der Waals surface area contributed by atoms with Crippen LogP contribution >= 0.6 is 0 Å². The summed E-state index contributed by atoms with van der Waals surface area (Å²) in [7, 11) is 1.66. The van der Waals surface area contributed by atoms with Crippen molar-refractivity contribution in [1.29, 1.82) is 0 Å². The molecule has 4 heterocycles. The van der Waals surface area contributed by atoms with Gasteiger partial charge in [-0.25, -0.2) is 14.8 Å². The summed E-state index contributed by atoms with van der Waals surface area (Å²) in [6, 6.07) is 7.91. The molecule has 1 saturated carbocycles. The number of aryl methyl sites for hydroxylation is 2. The molecule has 4 aromatic rings. The Bertz CT molecular complexity index is 1830. The third-order valence-corrected chi connectivity index (χ3v) is 8.60. The normalized spacial score (nSPS) is 18.2. The predicted octanol–water partition coefficient (Wildman–Crippen LogP) is 3.84. The Morgan fingerprint density at radius 1 is 1.02 bits per heavy atom. The smallest absolute Gasteiger partial charge is 0.332 e. The number of hydrogen-bond acceptors (Lipinski definition) is 7. The van der Waals surface area contributed by atoms with Crippen molar-refractivity contribution in [2.45, 2.75) is 77.9 Å². The van der Waals surface area contributed by atoms with E-state index in [0.29, 0.717) is 35.4 Å². The number of imidazole rings is 1. The quantitative estimate of drug-likeness (QED) is 0.260. The van der Waals surface area contributed by atoms with Gasteiger partial charge >= 0.3 is 5.69 Å². The lowest BCUT2D eigenvalue weighted by molar-refractivity contribution is 0.439. The summed E-state index contributed by atoms with van der Waals surface area (Å²) in [6.45, 7) is 5.49. The van der Waals surface area contributed by atoms with Crippen LogP contribution in [-0.2, 0) is 20.1 Å². The van der Waals surface area contributed by atoms with Crippen LogP contribution in [0.5, 0.6) is 0 Å². The standard InChI is InChI=1S/C32H38N8O2/c1-4-5-18-39-28-29(36-31(39)38-17-11-14-24(20-38)33-19-23-12-7-6-8-13-23)37(3)32(42)40(30(28)41)21-27-34-22(2)25-15-9-10-16-26(25)35-27/h9-10,15-16,19,23-24H,6-8,11-14,17-18,20-21H2,1-3H3. The Hall–Kier alpha value is -4.26. The van der Waals surface area contributed by atoms with Crippen molar-refractivity contribution in [1.82, 2.24) is 28.7 Å². The molecule has 1 aliphatic heterocycles. The van der Waals surface area contributed by atoms with Crippen LogP contribution in [0.2, 0.25) is 0 Å². The fourth-order valence-corrected chi connectivity index (χ4v) is 6.34. The van der Waals surface area contributed by atoms with E-state index in [1.54, 1.807) is 14.0 Å². The Labute approximate surface area is 245 Å². The molecule has 10 heteroatoms. The molecule has 218 valence electrons. The van der Waals surface area contributed by atoms with E-state index < -0.39 is 11.2 Å². The third-order valence-electron chi connectivity index (χ3n) is 8.60. The molecule has 1 saturated heterocycles. The van der Waals surface area contributed by atoms with E-state index >= 15 is 0 Å². The van der Waals surface area contributed by atoms with Gasteiger partial charge < -0.3 is 4.90 Å². The van der Waals surface area contributed by atoms with Gasteiger partial charge in [-0.05, 0) is 51.5 Å². The van der Waals surface area contributed by atoms with Crippen molar-refractivity contribution in [3.05, 3.63) is 56.6 Å². The van der Waals surface area contributed by atoms with Crippen LogP contribution < -0.4 is 16.1 Å². The Balaban J connectivity index is 1.39. The van der Waals surface area contributed by atoms with Gasteiger partial charge in [0.15, 0.2) is 11.2 Å². The largest absolute Gasteiger partial charge is 0.340 e. The molecule has 1 aromatic carbocycles. The van der Waals surface area contributed by atoms with E-state index in [4.69, 9.17) is 9.98 Å². The molecule has 2 fully saturated rings. The maximum absolute atomic E-state index is 14.0. The van der Waals surface area contributed by atoms with Gasteiger partial charge in [-0.1, -0.05) is 43.4 Å². The SMILES string of the molecule is CC#CCn1c(N2CCCC(N=CC3CCCCC3)C2)nc2c1c(=O)n(Cc1nc(C)c3ccccc3n1)c(=O)n2C.